The summed E-state index contributed by atoms with van der Waals surface area (Å²) in [7, 11) is 0. The molecule has 0 aliphatic heterocycles. The van der Waals surface area contributed by atoms with E-state index in [4.69, 9.17) is 0 Å². The Labute approximate surface area is 214 Å². The largest absolute Gasteiger partial charge is 0.504 e. The molecule has 4 nitrogen and oxygen atoms in total. The Hall–Kier alpha value is -1.97. The zero-order chi connectivity index (χ0) is 25.6. The van der Waals surface area contributed by atoms with Crippen LogP contribution in [0.1, 0.15) is 147 Å². The number of aromatic hydroxyl groups is 2. The number of phenolic OH excluding ortho intramolecular Hbond substituents is 2. The zero-order valence-corrected chi connectivity index (χ0v) is 22.4. The fraction of sp³-hybridized carbons (Fsp3) is 0.710. The van der Waals surface area contributed by atoms with E-state index in [1.807, 2.05) is 0 Å². The number of carbonyl (C=O) groups is 1. The second kappa shape index (κ2) is 21.3. The minimum absolute atomic E-state index is 0.201. The number of hydrogen-bond donors (Lipinski definition) is 3. The molecule has 0 aliphatic rings. The molecule has 1 aromatic rings. The Morgan fingerprint density at radius 1 is 0.629 bits per heavy atom. The summed E-state index contributed by atoms with van der Waals surface area (Å²) in [5.41, 5.74) is 0.934. The van der Waals surface area contributed by atoms with Gasteiger partial charge in [-0.25, -0.2) is 4.79 Å². The molecule has 0 saturated heterocycles. The normalized spacial score (nSPS) is 11.7. The summed E-state index contributed by atoms with van der Waals surface area (Å²) in [4.78, 5) is 11.5. The van der Waals surface area contributed by atoms with Gasteiger partial charge >= 0.3 is 5.97 Å². The van der Waals surface area contributed by atoms with Crippen molar-refractivity contribution < 1.29 is 20.1 Å². The summed E-state index contributed by atoms with van der Waals surface area (Å²) in [6, 6.07) is 4.36. The van der Waals surface area contributed by atoms with Gasteiger partial charge in [-0.15, -0.1) is 0 Å². The lowest BCUT2D eigenvalue weighted by Crippen LogP contribution is -2.00. The highest BCUT2D eigenvalue weighted by Crippen LogP contribution is 2.26. The number of benzene rings is 1. The molecule has 0 bridgehead atoms. The molecule has 35 heavy (non-hydrogen) atoms. The molecule has 1 rings (SSSR count). The van der Waals surface area contributed by atoms with E-state index < -0.39 is 5.97 Å². The lowest BCUT2D eigenvalue weighted by molar-refractivity contribution is -0.132. The van der Waals surface area contributed by atoms with Gasteiger partial charge in [0.05, 0.1) is 0 Å². The lowest BCUT2D eigenvalue weighted by Gasteiger charge is -2.05. The van der Waals surface area contributed by atoms with Gasteiger partial charge in [0.25, 0.3) is 0 Å². The minimum atomic E-state index is -0.921. The highest BCUT2D eigenvalue weighted by atomic mass is 16.4. The third-order valence-electron chi connectivity index (χ3n) is 6.91. The topological polar surface area (TPSA) is 77.8 Å². The van der Waals surface area contributed by atoms with Crippen LogP contribution in [0.2, 0.25) is 0 Å². The molecule has 0 aliphatic carbocycles. The zero-order valence-electron chi connectivity index (χ0n) is 22.4. The predicted octanol–water partition coefficient (Wildman–Crippen LogP) is 9.78. The van der Waals surface area contributed by atoms with Crippen molar-refractivity contribution in [2.45, 2.75) is 142 Å². The first-order valence-electron chi connectivity index (χ1n) is 14.5. The summed E-state index contributed by atoms with van der Waals surface area (Å²) in [5, 5.41) is 28.4. The van der Waals surface area contributed by atoms with Crippen LogP contribution < -0.4 is 0 Å². The number of hydrogen-bond acceptors (Lipinski definition) is 3. The van der Waals surface area contributed by atoms with E-state index in [0.29, 0.717) is 17.6 Å². The van der Waals surface area contributed by atoms with Crippen molar-refractivity contribution in [3.63, 3.8) is 0 Å². The maximum atomic E-state index is 11.5. The van der Waals surface area contributed by atoms with Crippen molar-refractivity contribution in [3.05, 3.63) is 29.3 Å². The SMILES string of the molecule is CCCCCCCCCCCCCCCCCCCCCC/C(=C\c1ccc(O)c(O)c1)C(=O)O. The summed E-state index contributed by atoms with van der Waals surface area (Å²) in [6.45, 7) is 2.28. The second-order valence-electron chi connectivity index (χ2n) is 10.2. The van der Waals surface area contributed by atoms with E-state index in [1.165, 1.54) is 121 Å². The van der Waals surface area contributed by atoms with E-state index in [1.54, 1.807) is 12.1 Å². The molecule has 0 saturated carbocycles. The van der Waals surface area contributed by atoms with Crippen LogP contribution in [-0.4, -0.2) is 21.3 Å². The van der Waals surface area contributed by atoms with Crippen LogP contribution in [0, 0.1) is 0 Å². The molecule has 200 valence electrons. The van der Waals surface area contributed by atoms with Gasteiger partial charge in [0.1, 0.15) is 0 Å². The van der Waals surface area contributed by atoms with E-state index in [-0.39, 0.29) is 11.5 Å². The van der Waals surface area contributed by atoms with E-state index in [9.17, 15) is 20.1 Å². The van der Waals surface area contributed by atoms with Gasteiger partial charge in [0.2, 0.25) is 0 Å². The molecule has 0 spiro atoms. The Morgan fingerprint density at radius 3 is 1.40 bits per heavy atom. The van der Waals surface area contributed by atoms with Crippen molar-refractivity contribution in [2.75, 3.05) is 0 Å². The number of carboxylic acids is 1. The molecule has 0 aromatic heterocycles. The van der Waals surface area contributed by atoms with Crippen LogP contribution >= 0.6 is 0 Å². The van der Waals surface area contributed by atoms with Gasteiger partial charge in [0.15, 0.2) is 11.5 Å². The molecule has 0 heterocycles. The third-order valence-corrected chi connectivity index (χ3v) is 6.91. The van der Waals surface area contributed by atoms with Crippen LogP contribution in [0.3, 0.4) is 0 Å². The molecule has 0 fully saturated rings. The summed E-state index contributed by atoms with van der Waals surface area (Å²) in [5.74, 6) is -1.36. The van der Waals surface area contributed by atoms with Crippen LogP contribution in [0.15, 0.2) is 23.8 Å². The van der Waals surface area contributed by atoms with Gasteiger partial charge in [-0.3, -0.25) is 0 Å². The quantitative estimate of drug-likeness (QED) is 0.0813. The fourth-order valence-electron chi connectivity index (χ4n) is 4.64. The maximum absolute atomic E-state index is 11.5. The Balaban J connectivity index is 1.92. The van der Waals surface area contributed by atoms with Crippen LogP contribution in [-0.2, 0) is 4.79 Å². The van der Waals surface area contributed by atoms with Crippen LogP contribution in [0.5, 0.6) is 11.5 Å². The third kappa shape index (κ3) is 17.2. The highest BCUT2D eigenvalue weighted by molar-refractivity contribution is 5.92. The number of aliphatic carboxylic acids is 1. The first kappa shape index (κ1) is 31.1. The van der Waals surface area contributed by atoms with Crippen molar-refractivity contribution in [1.29, 1.82) is 0 Å². The smallest absolute Gasteiger partial charge is 0.331 e. The van der Waals surface area contributed by atoms with Gasteiger partial charge in [-0.2, -0.15) is 0 Å². The molecule has 0 amide bonds. The van der Waals surface area contributed by atoms with Crippen LogP contribution in [0.25, 0.3) is 6.08 Å². The average molecular weight is 489 g/mol. The highest BCUT2D eigenvalue weighted by Gasteiger charge is 2.08. The van der Waals surface area contributed by atoms with Gasteiger partial charge in [0, 0.05) is 5.57 Å². The first-order valence-corrected chi connectivity index (χ1v) is 14.5. The van der Waals surface area contributed by atoms with Gasteiger partial charge < -0.3 is 15.3 Å². The van der Waals surface area contributed by atoms with Crippen molar-refractivity contribution in [1.82, 2.24) is 0 Å². The molecule has 0 unspecified atom stereocenters. The van der Waals surface area contributed by atoms with Gasteiger partial charge in [-0.05, 0) is 36.6 Å². The Kier molecular flexibility index (Phi) is 18.9. The Morgan fingerprint density at radius 2 is 1.03 bits per heavy atom. The number of unbranched alkanes of at least 4 members (excludes halogenated alkanes) is 19. The number of phenols is 2. The van der Waals surface area contributed by atoms with Crippen molar-refractivity contribution >= 4 is 12.0 Å². The van der Waals surface area contributed by atoms with Gasteiger partial charge in [-0.1, -0.05) is 135 Å². The molecule has 3 N–H and O–H groups in total. The molecule has 1 aromatic carbocycles. The average Bonchev–Trinajstić information content (AvgIpc) is 2.84. The van der Waals surface area contributed by atoms with Crippen LogP contribution in [0.4, 0.5) is 0 Å². The summed E-state index contributed by atoms with van der Waals surface area (Å²) in [6.07, 6.45) is 28.7. The second-order valence-corrected chi connectivity index (χ2v) is 10.2. The van der Waals surface area contributed by atoms with E-state index >= 15 is 0 Å². The van der Waals surface area contributed by atoms with Crippen molar-refractivity contribution in [2.24, 2.45) is 0 Å². The fourth-order valence-corrected chi connectivity index (χ4v) is 4.64. The van der Waals surface area contributed by atoms with E-state index in [0.717, 1.165) is 19.3 Å². The molecule has 0 radical (unpaired) electrons. The molecule has 0 atom stereocenters. The lowest BCUT2D eigenvalue weighted by atomic mass is 10.0. The van der Waals surface area contributed by atoms with Crippen molar-refractivity contribution in [3.8, 4) is 11.5 Å². The number of rotatable bonds is 23. The Bertz CT molecular complexity index is 695. The number of carboxylic acid groups (broad SMARTS) is 1. The predicted molar refractivity (Wildman–Crippen MR) is 148 cm³/mol. The summed E-state index contributed by atoms with van der Waals surface area (Å²) < 4.78 is 0. The maximum Gasteiger partial charge on any atom is 0.331 e. The summed E-state index contributed by atoms with van der Waals surface area (Å²) >= 11 is 0. The first-order chi connectivity index (χ1) is 17.0. The minimum Gasteiger partial charge on any atom is -0.504 e. The standard InChI is InChI=1S/C31H52O4/c1-2-3-4-5-6-7-8-9-10-11-12-13-14-15-16-17-18-19-20-21-22-28(31(34)35)25-27-23-24-29(32)30(33)26-27/h23-26,32-33H,2-22H2,1H3,(H,34,35)/b28-25+. The molecular formula is C31H52O4. The monoisotopic (exact) mass is 488 g/mol. The van der Waals surface area contributed by atoms with E-state index in [2.05, 4.69) is 6.92 Å². The molecule has 4 heteroatoms. The molecular weight excluding hydrogens is 436 g/mol.